The highest BCUT2D eigenvalue weighted by molar-refractivity contribution is 6.32. The van der Waals surface area contributed by atoms with E-state index in [1.807, 2.05) is 25.1 Å². The summed E-state index contributed by atoms with van der Waals surface area (Å²) in [6.07, 6.45) is 5.44. The van der Waals surface area contributed by atoms with Gasteiger partial charge >= 0.3 is 0 Å². The van der Waals surface area contributed by atoms with Crippen LogP contribution < -0.4 is 10.1 Å². The summed E-state index contributed by atoms with van der Waals surface area (Å²) in [5.41, 5.74) is 2.27. The molecule has 0 aliphatic rings. The first-order valence-electron chi connectivity index (χ1n) is 7.03. The fourth-order valence-corrected chi connectivity index (χ4v) is 2.31. The van der Waals surface area contributed by atoms with E-state index in [4.69, 9.17) is 16.3 Å². The van der Waals surface area contributed by atoms with E-state index in [1.165, 1.54) is 5.56 Å². The lowest BCUT2D eigenvalue weighted by Crippen LogP contribution is -1.99. The van der Waals surface area contributed by atoms with Crippen LogP contribution in [-0.4, -0.2) is 11.2 Å². The number of anilines is 1. The van der Waals surface area contributed by atoms with Crippen LogP contribution in [0.5, 0.6) is 5.75 Å². The Morgan fingerprint density at radius 3 is 2.80 bits per heavy atom. The van der Waals surface area contributed by atoms with Gasteiger partial charge in [0.15, 0.2) is 0 Å². The summed E-state index contributed by atoms with van der Waals surface area (Å²) in [4.78, 5) is 0. The van der Waals surface area contributed by atoms with Crippen molar-refractivity contribution in [2.75, 3.05) is 11.9 Å². The molecule has 0 radical (unpaired) electrons. The fraction of sp³-hybridized carbons (Fsp3) is 0.375. The van der Waals surface area contributed by atoms with Gasteiger partial charge in [0.2, 0.25) is 0 Å². The molecule has 0 spiro atoms. The van der Waals surface area contributed by atoms with E-state index < -0.39 is 0 Å². The van der Waals surface area contributed by atoms with Crippen LogP contribution in [0.1, 0.15) is 25.8 Å². The van der Waals surface area contributed by atoms with Crippen LogP contribution in [0.3, 0.4) is 0 Å². The first kappa shape index (κ1) is 14.8. The third-order valence-electron chi connectivity index (χ3n) is 3.02. The van der Waals surface area contributed by atoms with Gasteiger partial charge in [-0.1, -0.05) is 18.5 Å². The van der Waals surface area contributed by atoms with Crippen LogP contribution in [0.4, 0.5) is 5.69 Å². The molecular formula is C16H21ClN2O. The maximum absolute atomic E-state index is 6.17. The zero-order chi connectivity index (χ0) is 14.4. The second-order valence-corrected chi connectivity index (χ2v) is 5.10. The van der Waals surface area contributed by atoms with Gasteiger partial charge in [0.1, 0.15) is 5.75 Å². The Kier molecular flexibility index (Phi) is 5.36. The van der Waals surface area contributed by atoms with Crippen molar-refractivity contribution in [1.82, 2.24) is 4.57 Å². The molecule has 108 valence electrons. The van der Waals surface area contributed by atoms with Crippen molar-refractivity contribution in [3.05, 3.63) is 47.2 Å². The summed E-state index contributed by atoms with van der Waals surface area (Å²) in [6, 6.07) is 7.92. The monoisotopic (exact) mass is 292 g/mol. The highest BCUT2D eigenvalue weighted by atomic mass is 35.5. The average molecular weight is 293 g/mol. The van der Waals surface area contributed by atoms with Crippen LogP contribution in [0.25, 0.3) is 0 Å². The van der Waals surface area contributed by atoms with Crippen molar-refractivity contribution in [1.29, 1.82) is 0 Å². The molecule has 20 heavy (non-hydrogen) atoms. The third-order valence-corrected chi connectivity index (χ3v) is 3.32. The molecule has 0 saturated carbocycles. The molecule has 2 rings (SSSR count). The van der Waals surface area contributed by atoms with Crippen LogP contribution in [0, 0.1) is 0 Å². The predicted octanol–water partition coefficient (Wildman–Crippen LogP) is 4.56. The number of hydrogen-bond acceptors (Lipinski definition) is 2. The number of benzene rings is 1. The van der Waals surface area contributed by atoms with Crippen LogP contribution in [0.2, 0.25) is 5.02 Å². The smallest absolute Gasteiger partial charge is 0.138 e. The van der Waals surface area contributed by atoms with Crippen LogP contribution >= 0.6 is 11.6 Å². The van der Waals surface area contributed by atoms with Crippen molar-refractivity contribution in [3.8, 4) is 5.75 Å². The second kappa shape index (κ2) is 7.25. The molecule has 0 aliphatic heterocycles. The highest BCUT2D eigenvalue weighted by Crippen LogP contribution is 2.27. The summed E-state index contributed by atoms with van der Waals surface area (Å²) < 4.78 is 7.63. The van der Waals surface area contributed by atoms with E-state index in [0.717, 1.165) is 30.9 Å². The lowest BCUT2D eigenvalue weighted by Gasteiger charge is -2.09. The summed E-state index contributed by atoms with van der Waals surface area (Å²) in [7, 11) is 0. The molecule has 0 fully saturated rings. The molecule has 1 aromatic carbocycles. The summed E-state index contributed by atoms with van der Waals surface area (Å²) in [5, 5.41) is 4.01. The van der Waals surface area contributed by atoms with E-state index >= 15 is 0 Å². The van der Waals surface area contributed by atoms with Gasteiger partial charge in [-0.25, -0.2) is 0 Å². The highest BCUT2D eigenvalue weighted by Gasteiger charge is 2.03. The normalized spacial score (nSPS) is 10.6. The largest absolute Gasteiger partial charge is 0.492 e. The fourth-order valence-electron chi connectivity index (χ4n) is 2.08. The Morgan fingerprint density at radius 1 is 1.25 bits per heavy atom. The third kappa shape index (κ3) is 3.94. The zero-order valence-electron chi connectivity index (χ0n) is 12.0. The summed E-state index contributed by atoms with van der Waals surface area (Å²) in [5.74, 6) is 0.730. The van der Waals surface area contributed by atoms with Crippen molar-refractivity contribution < 1.29 is 4.74 Å². The number of halogens is 1. The molecule has 3 nitrogen and oxygen atoms in total. The Morgan fingerprint density at radius 2 is 2.10 bits per heavy atom. The maximum atomic E-state index is 6.17. The molecule has 4 heteroatoms. The van der Waals surface area contributed by atoms with Crippen LogP contribution in [0.15, 0.2) is 36.7 Å². The number of nitrogens with one attached hydrogen (secondary N) is 1. The van der Waals surface area contributed by atoms with Gasteiger partial charge in [-0.15, -0.1) is 0 Å². The van der Waals surface area contributed by atoms with Crippen molar-refractivity contribution in [3.63, 3.8) is 0 Å². The summed E-state index contributed by atoms with van der Waals surface area (Å²) in [6.45, 7) is 6.61. The zero-order valence-corrected chi connectivity index (χ0v) is 12.8. The number of aryl methyl sites for hydroxylation is 1. The Bertz CT molecular complexity index is 551. The molecule has 1 N–H and O–H groups in total. The van der Waals surface area contributed by atoms with E-state index in [0.29, 0.717) is 11.6 Å². The molecular weight excluding hydrogens is 272 g/mol. The quantitative estimate of drug-likeness (QED) is 0.809. The lowest BCUT2D eigenvalue weighted by molar-refractivity contribution is 0.340. The van der Waals surface area contributed by atoms with Crippen molar-refractivity contribution >= 4 is 17.3 Å². The standard InChI is InChI=1S/C16H21ClN2O/c1-3-8-19-9-7-13(12-19)11-18-14-5-6-16(20-4-2)15(17)10-14/h5-7,9-10,12,18H,3-4,8,11H2,1-2H3. The molecule has 0 saturated heterocycles. The first-order valence-corrected chi connectivity index (χ1v) is 7.41. The van der Waals surface area contributed by atoms with Gasteiger partial charge in [-0.2, -0.15) is 0 Å². The molecule has 0 aliphatic carbocycles. The van der Waals surface area contributed by atoms with Crippen molar-refractivity contribution in [2.45, 2.75) is 33.4 Å². The predicted molar refractivity (Wildman–Crippen MR) is 84.7 cm³/mol. The number of nitrogens with zero attached hydrogens (tertiary/aromatic N) is 1. The van der Waals surface area contributed by atoms with Gasteiger partial charge in [0.05, 0.1) is 11.6 Å². The SMILES string of the molecule is CCCn1ccc(CNc2ccc(OCC)c(Cl)c2)c1. The molecule has 0 bridgehead atoms. The van der Waals surface area contributed by atoms with Gasteiger partial charge in [-0.05, 0) is 43.2 Å². The molecule has 0 atom stereocenters. The average Bonchev–Trinajstić information content (AvgIpc) is 2.88. The molecule has 1 heterocycles. The van der Waals surface area contributed by atoms with Gasteiger partial charge < -0.3 is 14.6 Å². The Labute approximate surface area is 125 Å². The van der Waals surface area contributed by atoms with E-state index in [1.54, 1.807) is 0 Å². The Hall–Kier alpha value is -1.61. The van der Waals surface area contributed by atoms with E-state index in [-0.39, 0.29) is 0 Å². The molecule has 0 amide bonds. The van der Waals surface area contributed by atoms with Gasteiger partial charge in [0, 0.05) is 31.2 Å². The minimum Gasteiger partial charge on any atom is -0.492 e. The lowest BCUT2D eigenvalue weighted by atomic mass is 10.2. The van der Waals surface area contributed by atoms with Crippen LogP contribution in [-0.2, 0) is 13.1 Å². The number of ether oxygens (including phenoxy) is 1. The van der Waals surface area contributed by atoms with Gasteiger partial charge in [-0.3, -0.25) is 0 Å². The first-order chi connectivity index (χ1) is 9.72. The number of rotatable bonds is 7. The minimum atomic E-state index is 0.622. The number of hydrogen-bond donors (Lipinski definition) is 1. The molecule has 1 aromatic heterocycles. The van der Waals surface area contributed by atoms with E-state index in [9.17, 15) is 0 Å². The van der Waals surface area contributed by atoms with Gasteiger partial charge in [0.25, 0.3) is 0 Å². The van der Waals surface area contributed by atoms with E-state index in [2.05, 4.69) is 35.3 Å². The summed E-state index contributed by atoms with van der Waals surface area (Å²) >= 11 is 6.17. The molecule has 2 aromatic rings. The minimum absolute atomic E-state index is 0.622. The second-order valence-electron chi connectivity index (χ2n) is 4.69. The topological polar surface area (TPSA) is 26.2 Å². The van der Waals surface area contributed by atoms with Crippen molar-refractivity contribution in [2.24, 2.45) is 0 Å². The Balaban J connectivity index is 1.94. The molecule has 0 unspecified atom stereocenters. The number of aromatic nitrogens is 1. The maximum Gasteiger partial charge on any atom is 0.138 e.